The van der Waals surface area contributed by atoms with Gasteiger partial charge in [-0.05, 0) is 44.4 Å². The first kappa shape index (κ1) is 18.4. The second kappa shape index (κ2) is 7.86. The van der Waals surface area contributed by atoms with E-state index in [-0.39, 0.29) is 12.0 Å². The van der Waals surface area contributed by atoms with Gasteiger partial charge < -0.3 is 15.4 Å². The molecule has 0 aromatic carbocycles. The van der Waals surface area contributed by atoms with Crippen molar-refractivity contribution in [1.29, 1.82) is 0 Å². The van der Waals surface area contributed by atoms with Crippen LogP contribution in [0, 0.1) is 13.8 Å². The van der Waals surface area contributed by atoms with E-state index in [0.29, 0.717) is 31.9 Å². The highest BCUT2D eigenvalue weighted by atomic mass is 16.5. The Morgan fingerprint density at radius 3 is 2.92 bits per heavy atom. The predicted molar refractivity (Wildman–Crippen MR) is 99.7 cm³/mol. The van der Waals surface area contributed by atoms with E-state index in [4.69, 9.17) is 10.5 Å². The lowest BCUT2D eigenvalue weighted by Crippen LogP contribution is -2.46. The fourth-order valence-corrected chi connectivity index (χ4v) is 3.43. The average Bonchev–Trinajstić information content (AvgIpc) is 2.86. The molecule has 26 heavy (non-hydrogen) atoms. The van der Waals surface area contributed by atoms with E-state index in [9.17, 15) is 4.79 Å². The molecule has 2 N–H and O–H groups in total. The van der Waals surface area contributed by atoms with Gasteiger partial charge in [-0.1, -0.05) is 0 Å². The summed E-state index contributed by atoms with van der Waals surface area (Å²) in [4.78, 5) is 18.7. The Morgan fingerprint density at radius 1 is 1.42 bits per heavy atom. The number of aryl methyl sites for hydroxylation is 3. The molecule has 7 heteroatoms. The van der Waals surface area contributed by atoms with Crippen molar-refractivity contribution >= 4 is 11.7 Å². The highest BCUT2D eigenvalue weighted by Gasteiger charge is 2.25. The third kappa shape index (κ3) is 4.22. The number of hydrogen-bond donors (Lipinski definition) is 1. The first-order valence-electron chi connectivity index (χ1n) is 9.03. The van der Waals surface area contributed by atoms with E-state index >= 15 is 0 Å². The van der Waals surface area contributed by atoms with Gasteiger partial charge in [0.05, 0.1) is 24.8 Å². The second-order valence-electron chi connectivity index (χ2n) is 6.91. The molecule has 0 unspecified atom stereocenters. The topological polar surface area (TPSA) is 86.3 Å². The van der Waals surface area contributed by atoms with Crippen LogP contribution in [0.5, 0.6) is 0 Å². The molecule has 1 aliphatic heterocycles. The average molecular weight is 357 g/mol. The minimum Gasteiger partial charge on any atom is -0.384 e. The first-order valence-corrected chi connectivity index (χ1v) is 9.03. The molecule has 0 radical (unpaired) electrons. The summed E-state index contributed by atoms with van der Waals surface area (Å²) in [6.07, 6.45) is 3.90. The summed E-state index contributed by atoms with van der Waals surface area (Å²) in [5.41, 5.74) is 9.89. The molecular formula is C19H27N5O2. The highest BCUT2D eigenvalue weighted by molar-refractivity contribution is 5.79. The van der Waals surface area contributed by atoms with Gasteiger partial charge in [-0.15, -0.1) is 0 Å². The molecule has 0 saturated carbocycles. The van der Waals surface area contributed by atoms with Crippen LogP contribution in [-0.4, -0.2) is 51.4 Å². The van der Waals surface area contributed by atoms with E-state index in [0.717, 1.165) is 35.4 Å². The number of nitrogens with zero attached hydrogens (tertiary/aromatic N) is 4. The van der Waals surface area contributed by atoms with E-state index in [1.165, 1.54) is 0 Å². The van der Waals surface area contributed by atoms with E-state index < -0.39 is 0 Å². The van der Waals surface area contributed by atoms with Crippen molar-refractivity contribution in [1.82, 2.24) is 19.7 Å². The lowest BCUT2D eigenvalue weighted by molar-refractivity contribution is -0.138. The molecule has 1 fully saturated rings. The number of morpholine rings is 1. The molecule has 0 aliphatic carbocycles. The number of carbonyl (C=O) groups excluding carboxylic acids is 1. The molecule has 140 valence electrons. The number of aromatic nitrogens is 3. The quantitative estimate of drug-likeness (QED) is 0.874. The lowest BCUT2D eigenvalue weighted by atomic mass is 10.1. The number of nitrogens with two attached hydrogens (primary N) is 1. The second-order valence-corrected chi connectivity index (χ2v) is 6.91. The fraction of sp³-hybridized carbons (Fsp3) is 0.526. The molecular weight excluding hydrogens is 330 g/mol. The van der Waals surface area contributed by atoms with Gasteiger partial charge in [0.1, 0.15) is 5.82 Å². The van der Waals surface area contributed by atoms with Crippen molar-refractivity contribution in [3.8, 4) is 0 Å². The number of anilines is 1. The Hall–Kier alpha value is -2.41. The summed E-state index contributed by atoms with van der Waals surface area (Å²) in [6.45, 7) is 5.83. The molecule has 1 amide bonds. The number of ether oxygens (including phenoxy) is 1. The normalized spacial score (nSPS) is 17.5. The minimum atomic E-state index is 0.0539. The number of carbonyl (C=O) groups is 1. The molecule has 0 bridgehead atoms. The summed E-state index contributed by atoms with van der Waals surface area (Å²) in [6, 6.07) is 3.86. The Balaban J connectivity index is 1.56. The SMILES string of the molecule is Cc1nn(C)c(C)c1CC(=O)N1CCO[C@@H](CCc2ccnc(N)c2)C1. The van der Waals surface area contributed by atoms with Gasteiger partial charge in [0.15, 0.2) is 0 Å². The van der Waals surface area contributed by atoms with Crippen LogP contribution >= 0.6 is 0 Å². The maximum Gasteiger partial charge on any atom is 0.227 e. The van der Waals surface area contributed by atoms with Crippen LogP contribution < -0.4 is 5.73 Å². The van der Waals surface area contributed by atoms with Crippen LogP contribution in [0.3, 0.4) is 0 Å². The van der Waals surface area contributed by atoms with Gasteiger partial charge in [0.25, 0.3) is 0 Å². The van der Waals surface area contributed by atoms with Crippen molar-refractivity contribution in [3.05, 3.63) is 40.8 Å². The van der Waals surface area contributed by atoms with Crippen LogP contribution in [-0.2, 0) is 29.4 Å². The van der Waals surface area contributed by atoms with Crippen LogP contribution in [0.2, 0.25) is 0 Å². The Kier molecular flexibility index (Phi) is 5.56. The summed E-state index contributed by atoms with van der Waals surface area (Å²) >= 11 is 0. The van der Waals surface area contributed by atoms with Crippen molar-refractivity contribution < 1.29 is 9.53 Å². The van der Waals surface area contributed by atoms with Crippen LogP contribution in [0.15, 0.2) is 18.3 Å². The van der Waals surface area contributed by atoms with Crippen molar-refractivity contribution in [3.63, 3.8) is 0 Å². The van der Waals surface area contributed by atoms with Crippen LogP contribution in [0.1, 0.15) is 28.9 Å². The molecule has 7 nitrogen and oxygen atoms in total. The van der Waals surface area contributed by atoms with Gasteiger partial charge in [0, 0.05) is 37.6 Å². The number of pyridine rings is 1. The zero-order valence-corrected chi connectivity index (χ0v) is 15.7. The Labute approximate surface area is 154 Å². The standard InChI is InChI=1S/C19H27N5O2/c1-13-17(14(2)23(3)22-13)11-19(25)24-8-9-26-16(12-24)5-4-15-6-7-21-18(20)10-15/h6-7,10,16H,4-5,8-9,11-12H2,1-3H3,(H2,20,21)/t16-/m0/s1. The van der Waals surface area contributed by atoms with Crippen molar-refractivity contribution in [2.75, 3.05) is 25.4 Å². The maximum atomic E-state index is 12.8. The third-order valence-corrected chi connectivity index (χ3v) is 5.08. The molecule has 2 aromatic rings. The van der Waals surface area contributed by atoms with Gasteiger partial charge in [-0.2, -0.15) is 5.10 Å². The summed E-state index contributed by atoms with van der Waals surface area (Å²) in [5, 5.41) is 4.40. The molecule has 2 aromatic heterocycles. The first-order chi connectivity index (χ1) is 12.4. The highest BCUT2D eigenvalue weighted by Crippen LogP contribution is 2.17. The number of hydrogen-bond acceptors (Lipinski definition) is 5. The number of amides is 1. The summed E-state index contributed by atoms with van der Waals surface area (Å²) < 4.78 is 7.69. The van der Waals surface area contributed by atoms with Crippen LogP contribution in [0.25, 0.3) is 0 Å². The van der Waals surface area contributed by atoms with Gasteiger partial charge in [0.2, 0.25) is 5.91 Å². The van der Waals surface area contributed by atoms with Gasteiger partial charge in [-0.3, -0.25) is 9.48 Å². The van der Waals surface area contributed by atoms with E-state index in [1.807, 2.05) is 42.6 Å². The molecule has 3 rings (SSSR count). The predicted octanol–water partition coefficient (Wildman–Crippen LogP) is 1.42. The number of rotatable bonds is 5. The van der Waals surface area contributed by atoms with E-state index in [2.05, 4.69) is 10.1 Å². The smallest absolute Gasteiger partial charge is 0.227 e. The Bertz CT molecular complexity index is 786. The van der Waals surface area contributed by atoms with Crippen LogP contribution in [0.4, 0.5) is 5.82 Å². The fourth-order valence-electron chi connectivity index (χ4n) is 3.43. The number of nitrogen functional groups attached to an aromatic ring is 1. The van der Waals surface area contributed by atoms with Gasteiger partial charge >= 0.3 is 0 Å². The zero-order valence-electron chi connectivity index (χ0n) is 15.7. The zero-order chi connectivity index (χ0) is 18.7. The lowest BCUT2D eigenvalue weighted by Gasteiger charge is -2.33. The molecule has 1 saturated heterocycles. The van der Waals surface area contributed by atoms with Gasteiger partial charge in [-0.25, -0.2) is 4.98 Å². The Morgan fingerprint density at radius 2 is 2.23 bits per heavy atom. The molecule has 3 heterocycles. The third-order valence-electron chi connectivity index (χ3n) is 5.08. The summed E-state index contributed by atoms with van der Waals surface area (Å²) in [7, 11) is 1.91. The molecule has 1 aliphatic rings. The maximum absolute atomic E-state index is 12.8. The minimum absolute atomic E-state index is 0.0539. The molecule has 0 spiro atoms. The largest absolute Gasteiger partial charge is 0.384 e. The van der Waals surface area contributed by atoms with Crippen molar-refractivity contribution in [2.45, 2.75) is 39.2 Å². The summed E-state index contributed by atoms with van der Waals surface area (Å²) in [5.74, 6) is 0.678. The molecule has 1 atom stereocenters. The van der Waals surface area contributed by atoms with Crippen molar-refractivity contribution in [2.24, 2.45) is 7.05 Å². The van der Waals surface area contributed by atoms with E-state index in [1.54, 1.807) is 6.20 Å². The monoisotopic (exact) mass is 357 g/mol.